The fourth-order valence-electron chi connectivity index (χ4n) is 1.46. The van der Waals surface area contributed by atoms with Gasteiger partial charge in [0.15, 0.2) is 0 Å². The van der Waals surface area contributed by atoms with Crippen LogP contribution in [0, 0.1) is 10.1 Å². The second-order valence-corrected chi connectivity index (χ2v) is 4.06. The lowest BCUT2D eigenvalue weighted by Gasteiger charge is -2.24. The molecule has 23 heavy (non-hydrogen) atoms. The summed E-state index contributed by atoms with van der Waals surface area (Å²) in [6, 6.07) is 1.65. The summed E-state index contributed by atoms with van der Waals surface area (Å²) in [5, 5.41) is 22.7. The average Bonchev–Trinajstić information content (AvgIpc) is 2.44. The molecule has 0 saturated carbocycles. The molecule has 126 valence electrons. The maximum atomic E-state index is 13.6. The molecule has 1 amide bonds. The third-order valence-electron chi connectivity index (χ3n) is 2.56. The molecule has 0 heterocycles. The van der Waals surface area contributed by atoms with Crippen LogP contribution in [0.3, 0.4) is 0 Å². The minimum absolute atomic E-state index is 0.285. The molecule has 1 rings (SSSR count). The van der Waals surface area contributed by atoms with Crippen LogP contribution in [-0.2, 0) is 9.53 Å². The lowest BCUT2D eigenvalue weighted by Crippen LogP contribution is -2.52. The second-order valence-electron chi connectivity index (χ2n) is 4.06. The van der Waals surface area contributed by atoms with Gasteiger partial charge in [-0.3, -0.25) is 14.9 Å². The number of halogens is 4. The van der Waals surface area contributed by atoms with Gasteiger partial charge in [-0.05, 0) is 6.07 Å². The number of nitrogens with one attached hydrogen (secondary N) is 1. The zero-order valence-electron chi connectivity index (χ0n) is 11.1. The lowest BCUT2D eigenvalue weighted by molar-refractivity contribution is -0.384. The lowest BCUT2D eigenvalue weighted by atomic mass is 10.1. The van der Waals surface area contributed by atoms with Crippen LogP contribution in [0.25, 0.3) is 0 Å². The highest BCUT2D eigenvalue weighted by Gasteiger charge is 2.63. The summed E-state index contributed by atoms with van der Waals surface area (Å²) in [5.41, 5.74) is -2.43. The van der Waals surface area contributed by atoms with Crippen molar-refractivity contribution in [3.63, 3.8) is 0 Å². The molecule has 0 aliphatic heterocycles. The van der Waals surface area contributed by atoms with E-state index in [4.69, 9.17) is 0 Å². The Morgan fingerprint density at radius 1 is 1.22 bits per heavy atom. The Bertz CT molecular complexity index is 630. The van der Waals surface area contributed by atoms with Crippen LogP contribution in [0.4, 0.5) is 28.9 Å². The fraction of sp³-hybridized carbons (Fsp3) is 0.273. The van der Waals surface area contributed by atoms with Gasteiger partial charge in [0.05, 0.1) is 10.9 Å². The molecule has 0 radical (unpaired) electrons. The van der Waals surface area contributed by atoms with Crippen molar-refractivity contribution in [1.82, 2.24) is 0 Å². The molecule has 1 aromatic rings. The first-order chi connectivity index (χ1) is 10.4. The Hall–Kier alpha value is -2.76. The normalized spacial score (nSPS) is 14.0. The van der Waals surface area contributed by atoms with Crippen molar-refractivity contribution in [1.29, 1.82) is 0 Å². The van der Waals surface area contributed by atoms with Crippen LogP contribution in [0.1, 0.15) is 10.4 Å². The van der Waals surface area contributed by atoms with Crippen molar-refractivity contribution in [3.05, 3.63) is 33.9 Å². The molecule has 0 aromatic heterocycles. The molecule has 0 aliphatic carbocycles. The monoisotopic (exact) mass is 339 g/mol. The van der Waals surface area contributed by atoms with E-state index >= 15 is 0 Å². The SMILES string of the molecule is COC(F)(C(=O)Nc1cc(C(=O)[O-])cc([N+](=O)[O-])c1)C(F)(F)F. The summed E-state index contributed by atoms with van der Waals surface area (Å²) in [4.78, 5) is 31.7. The van der Waals surface area contributed by atoms with E-state index in [-0.39, 0.29) is 7.11 Å². The number of nitro groups is 1. The zero-order valence-corrected chi connectivity index (χ0v) is 11.1. The maximum Gasteiger partial charge on any atom is 0.458 e. The number of hydrogen-bond donors (Lipinski definition) is 1. The van der Waals surface area contributed by atoms with Gasteiger partial charge in [0.25, 0.3) is 11.6 Å². The summed E-state index contributed by atoms with van der Waals surface area (Å²) in [6.45, 7) is 0. The highest BCUT2D eigenvalue weighted by atomic mass is 19.4. The first-order valence-corrected chi connectivity index (χ1v) is 5.55. The molecule has 0 aliphatic rings. The number of non-ortho nitro benzene ring substituents is 1. The van der Waals surface area contributed by atoms with Gasteiger partial charge in [0.2, 0.25) is 0 Å². The van der Waals surface area contributed by atoms with Gasteiger partial charge in [-0.25, -0.2) is 0 Å². The van der Waals surface area contributed by atoms with Crippen LogP contribution in [0.5, 0.6) is 0 Å². The number of aromatic carboxylic acids is 1. The third-order valence-corrected chi connectivity index (χ3v) is 2.56. The molecule has 0 saturated heterocycles. The van der Waals surface area contributed by atoms with Crippen molar-refractivity contribution in [2.45, 2.75) is 12.0 Å². The Morgan fingerprint density at radius 2 is 1.78 bits per heavy atom. The fourth-order valence-corrected chi connectivity index (χ4v) is 1.46. The zero-order chi connectivity index (χ0) is 18.0. The Labute approximate surface area is 124 Å². The van der Waals surface area contributed by atoms with Crippen LogP contribution < -0.4 is 10.4 Å². The highest BCUT2D eigenvalue weighted by Crippen LogP contribution is 2.36. The van der Waals surface area contributed by atoms with Gasteiger partial charge in [0, 0.05) is 30.5 Å². The van der Waals surface area contributed by atoms with Crippen molar-refractivity contribution in [2.75, 3.05) is 12.4 Å². The van der Waals surface area contributed by atoms with E-state index in [2.05, 4.69) is 4.74 Å². The molecule has 8 nitrogen and oxygen atoms in total. The Morgan fingerprint density at radius 3 is 2.17 bits per heavy atom. The number of hydrogen-bond acceptors (Lipinski definition) is 6. The standard InChI is InChI=1S/C11H8F4N2O6/c1-23-10(12,11(13,14)15)9(20)16-6-2-5(8(18)19)3-7(4-6)17(21)22/h2-4H,1H3,(H,16,20)(H,18,19)/p-1. The van der Waals surface area contributed by atoms with Crippen LogP contribution in [0.2, 0.25) is 0 Å². The average molecular weight is 339 g/mol. The first-order valence-electron chi connectivity index (χ1n) is 5.55. The largest absolute Gasteiger partial charge is 0.545 e. The summed E-state index contributed by atoms with van der Waals surface area (Å²) in [7, 11) is 0.285. The number of nitrogens with zero attached hydrogens (tertiary/aromatic N) is 1. The van der Waals surface area contributed by atoms with E-state index in [0.29, 0.717) is 18.2 Å². The van der Waals surface area contributed by atoms with E-state index in [0.717, 1.165) is 0 Å². The number of nitro benzene ring substituents is 1. The van der Waals surface area contributed by atoms with Gasteiger partial charge in [0.1, 0.15) is 0 Å². The molecule has 0 fully saturated rings. The number of methoxy groups -OCH3 is 1. The van der Waals surface area contributed by atoms with Gasteiger partial charge < -0.3 is 20.0 Å². The minimum Gasteiger partial charge on any atom is -0.545 e. The Balaban J connectivity index is 3.25. The number of anilines is 1. The van der Waals surface area contributed by atoms with E-state index in [1.165, 1.54) is 5.32 Å². The number of ether oxygens (including phenoxy) is 1. The molecule has 1 atom stereocenters. The number of alkyl halides is 4. The maximum absolute atomic E-state index is 13.6. The first kappa shape index (κ1) is 18.3. The molecule has 1 N–H and O–H groups in total. The molecular formula is C11H7F4N2O6-. The van der Waals surface area contributed by atoms with E-state index < -0.39 is 45.8 Å². The number of carboxylic acid groups (broad SMARTS) is 1. The number of benzene rings is 1. The topological polar surface area (TPSA) is 122 Å². The van der Waals surface area contributed by atoms with Crippen molar-refractivity contribution in [3.8, 4) is 0 Å². The van der Waals surface area contributed by atoms with Crippen molar-refractivity contribution >= 4 is 23.3 Å². The summed E-state index contributed by atoms with van der Waals surface area (Å²) >= 11 is 0. The number of carbonyl (C=O) groups excluding carboxylic acids is 2. The number of carboxylic acids is 1. The van der Waals surface area contributed by atoms with Crippen molar-refractivity contribution in [2.24, 2.45) is 0 Å². The number of amides is 1. The van der Waals surface area contributed by atoms with Crippen LogP contribution >= 0.6 is 0 Å². The minimum atomic E-state index is -5.73. The number of rotatable bonds is 5. The summed E-state index contributed by atoms with van der Waals surface area (Å²) in [5.74, 6) is -8.95. The van der Waals surface area contributed by atoms with Crippen molar-refractivity contribution < 1.29 is 41.9 Å². The van der Waals surface area contributed by atoms with Gasteiger partial charge >= 0.3 is 12.0 Å². The molecule has 1 unspecified atom stereocenters. The summed E-state index contributed by atoms with van der Waals surface area (Å²) < 4.78 is 54.6. The summed E-state index contributed by atoms with van der Waals surface area (Å²) in [6.07, 6.45) is -5.73. The predicted octanol–water partition coefficient (Wildman–Crippen LogP) is 0.771. The van der Waals surface area contributed by atoms with E-state index in [1.54, 1.807) is 0 Å². The van der Waals surface area contributed by atoms with E-state index in [1.807, 2.05) is 0 Å². The molecule has 12 heteroatoms. The van der Waals surface area contributed by atoms with Crippen LogP contribution in [0.15, 0.2) is 18.2 Å². The molecule has 0 bridgehead atoms. The second kappa shape index (κ2) is 6.16. The smallest absolute Gasteiger partial charge is 0.458 e. The molecule has 1 aromatic carbocycles. The number of carbonyl (C=O) groups is 2. The quantitative estimate of drug-likeness (QED) is 0.480. The highest BCUT2D eigenvalue weighted by molar-refractivity contribution is 5.98. The van der Waals surface area contributed by atoms with Crippen LogP contribution in [-0.4, -0.2) is 35.9 Å². The molecule has 0 spiro atoms. The van der Waals surface area contributed by atoms with E-state index in [9.17, 15) is 42.4 Å². The van der Waals surface area contributed by atoms with Gasteiger partial charge in [-0.2, -0.15) is 17.6 Å². The predicted molar refractivity (Wildman–Crippen MR) is 63.0 cm³/mol. The van der Waals surface area contributed by atoms with Gasteiger partial charge in [-0.1, -0.05) is 0 Å². The third kappa shape index (κ3) is 3.71. The van der Waals surface area contributed by atoms with Gasteiger partial charge in [-0.15, -0.1) is 0 Å². The Kier molecular flexibility index (Phi) is 4.90. The molecular weight excluding hydrogens is 332 g/mol.